The van der Waals surface area contributed by atoms with Crippen molar-refractivity contribution < 1.29 is 9.59 Å². The maximum Gasteiger partial charge on any atom is 0.317 e. The molecule has 1 aliphatic heterocycles. The SMILES string of the molecule is O=C1C(=O)c2cccnc2C2=C1C=[C+]C=N2. The van der Waals surface area contributed by atoms with E-state index in [0.717, 1.165) is 0 Å². The molecule has 0 aromatic carbocycles. The van der Waals surface area contributed by atoms with Crippen molar-refractivity contribution >= 4 is 23.5 Å². The first kappa shape index (κ1) is 8.83. The van der Waals surface area contributed by atoms with Crippen molar-refractivity contribution in [2.45, 2.75) is 0 Å². The Morgan fingerprint density at radius 2 is 2.06 bits per heavy atom. The van der Waals surface area contributed by atoms with Gasteiger partial charge in [0.2, 0.25) is 0 Å². The van der Waals surface area contributed by atoms with Gasteiger partial charge in [-0.25, -0.2) is 4.99 Å². The third kappa shape index (κ3) is 1.02. The van der Waals surface area contributed by atoms with Gasteiger partial charge in [-0.2, -0.15) is 0 Å². The van der Waals surface area contributed by atoms with Crippen LogP contribution >= 0.6 is 0 Å². The van der Waals surface area contributed by atoms with Crippen LogP contribution in [0.1, 0.15) is 16.1 Å². The minimum Gasteiger partial charge on any atom is -0.283 e. The van der Waals surface area contributed by atoms with Crippen molar-refractivity contribution in [1.29, 1.82) is 0 Å². The maximum absolute atomic E-state index is 11.7. The number of carbonyl (C=O) groups is 2. The zero-order valence-corrected chi connectivity index (χ0v) is 8.10. The van der Waals surface area contributed by atoms with Crippen LogP contribution in [0.25, 0.3) is 5.70 Å². The van der Waals surface area contributed by atoms with Crippen molar-refractivity contribution in [1.82, 2.24) is 4.98 Å². The van der Waals surface area contributed by atoms with E-state index in [1.54, 1.807) is 18.3 Å². The monoisotopic (exact) mass is 209 g/mol. The standard InChI is InChI=1S/C12H5N2O2/c15-11-7-3-1-5-13-9(7)10-8(12(11)16)4-2-6-14-10/h1,3-6H/q+1. The predicted molar refractivity (Wildman–Crippen MR) is 56.8 cm³/mol. The molecule has 74 valence electrons. The number of ketones is 2. The van der Waals surface area contributed by atoms with Gasteiger partial charge in [0, 0.05) is 6.20 Å². The van der Waals surface area contributed by atoms with Gasteiger partial charge in [-0.15, -0.1) is 0 Å². The number of nitrogens with zero attached hydrogens (tertiary/aromatic N) is 2. The topological polar surface area (TPSA) is 59.4 Å². The number of carbonyl (C=O) groups excluding carboxylic acids is 2. The van der Waals surface area contributed by atoms with Gasteiger partial charge >= 0.3 is 5.78 Å². The lowest BCUT2D eigenvalue weighted by molar-refractivity contribution is -0.111. The van der Waals surface area contributed by atoms with Crippen LogP contribution in [0.5, 0.6) is 0 Å². The highest BCUT2D eigenvalue weighted by atomic mass is 16.2. The highest BCUT2D eigenvalue weighted by molar-refractivity contribution is 6.53. The van der Waals surface area contributed by atoms with Gasteiger partial charge < -0.3 is 0 Å². The van der Waals surface area contributed by atoms with Crippen molar-refractivity contribution in [2.24, 2.45) is 4.99 Å². The Morgan fingerprint density at radius 1 is 1.19 bits per heavy atom. The number of hydrogen-bond donors (Lipinski definition) is 0. The summed E-state index contributed by atoms with van der Waals surface area (Å²) in [4.78, 5) is 31.6. The molecule has 0 bridgehead atoms. The van der Waals surface area contributed by atoms with Gasteiger partial charge in [-0.1, -0.05) is 0 Å². The smallest absolute Gasteiger partial charge is 0.283 e. The molecular weight excluding hydrogens is 204 g/mol. The number of pyridine rings is 1. The summed E-state index contributed by atoms with van der Waals surface area (Å²) in [5.74, 6) is -1.07. The molecule has 1 aromatic rings. The van der Waals surface area contributed by atoms with E-state index in [0.29, 0.717) is 17.0 Å². The summed E-state index contributed by atoms with van der Waals surface area (Å²) in [6.45, 7) is 0. The highest BCUT2D eigenvalue weighted by Gasteiger charge is 2.39. The van der Waals surface area contributed by atoms with Crippen molar-refractivity contribution in [3.05, 3.63) is 47.3 Å². The lowest BCUT2D eigenvalue weighted by Gasteiger charge is -2.10. The molecule has 4 heteroatoms. The van der Waals surface area contributed by atoms with Crippen LogP contribution in [-0.2, 0) is 4.79 Å². The van der Waals surface area contributed by atoms with E-state index in [9.17, 15) is 9.59 Å². The summed E-state index contributed by atoms with van der Waals surface area (Å²) < 4.78 is 0. The van der Waals surface area contributed by atoms with Gasteiger partial charge in [0.15, 0.2) is 23.6 Å². The quantitative estimate of drug-likeness (QED) is 0.473. The number of rotatable bonds is 0. The van der Waals surface area contributed by atoms with Crippen LogP contribution < -0.4 is 0 Å². The Balaban J connectivity index is 2.38. The molecule has 16 heavy (non-hydrogen) atoms. The molecule has 0 unspecified atom stereocenters. The Morgan fingerprint density at radius 3 is 2.94 bits per heavy atom. The van der Waals surface area contributed by atoms with Gasteiger partial charge in [0.1, 0.15) is 11.8 Å². The second-order valence-electron chi connectivity index (χ2n) is 3.39. The second kappa shape index (κ2) is 3.02. The molecule has 0 atom stereocenters. The Bertz CT molecular complexity index is 609. The average molecular weight is 209 g/mol. The molecule has 0 radical (unpaired) electrons. The number of aromatic nitrogens is 1. The van der Waals surface area contributed by atoms with E-state index in [1.807, 2.05) is 0 Å². The highest BCUT2D eigenvalue weighted by Crippen LogP contribution is 2.30. The first-order valence-electron chi connectivity index (χ1n) is 4.69. The molecular formula is C12H5N2O2+. The molecule has 1 aliphatic carbocycles. The molecule has 0 amide bonds. The minimum absolute atomic E-state index is 0.277. The van der Waals surface area contributed by atoms with Crippen molar-refractivity contribution in [3.63, 3.8) is 0 Å². The van der Waals surface area contributed by atoms with Crippen LogP contribution in [0.2, 0.25) is 0 Å². The summed E-state index contributed by atoms with van der Waals surface area (Å²) in [5, 5.41) is 0. The number of aliphatic imine (C=N–C) groups is 1. The van der Waals surface area contributed by atoms with E-state index in [1.165, 1.54) is 12.3 Å². The fraction of sp³-hybridized carbons (Fsp3) is 0. The summed E-state index contributed by atoms with van der Waals surface area (Å²) in [6.07, 6.45) is 7.19. The van der Waals surface area contributed by atoms with E-state index >= 15 is 0 Å². The van der Waals surface area contributed by atoms with Gasteiger partial charge in [-0.05, 0) is 12.1 Å². The predicted octanol–water partition coefficient (Wildman–Crippen LogP) is 1.00. The Labute approximate surface area is 91.0 Å². The second-order valence-corrected chi connectivity index (χ2v) is 3.39. The number of allylic oxidation sites excluding steroid dienone is 3. The van der Waals surface area contributed by atoms with Gasteiger partial charge in [-0.3, -0.25) is 14.6 Å². The fourth-order valence-electron chi connectivity index (χ4n) is 1.74. The zero-order valence-electron chi connectivity index (χ0n) is 8.10. The normalized spacial score (nSPS) is 17.0. The number of hydrogen-bond acceptors (Lipinski definition) is 4. The lowest BCUT2D eigenvalue weighted by Crippen LogP contribution is -2.24. The third-order valence-corrected chi connectivity index (χ3v) is 2.48. The first-order valence-corrected chi connectivity index (χ1v) is 4.69. The molecule has 0 spiro atoms. The van der Waals surface area contributed by atoms with Crippen molar-refractivity contribution in [2.75, 3.05) is 0 Å². The molecule has 0 fully saturated rings. The summed E-state index contributed by atoms with van der Waals surface area (Å²) in [5.41, 5.74) is 1.52. The van der Waals surface area contributed by atoms with E-state index < -0.39 is 11.6 Å². The molecule has 0 saturated heterocycles. The van der Waals surface area contributed by atoms with Crippen LogP contribution in [0.4, 0.5) is 0 Å². The number of fused-ring (bicyclic) bond motifs is 2. The third-order valence-electron chi connectivity index (χ3n) is 2.48. The molecule has 0 saturated carbocycles. The first-order chi connectivity index (χ1) is 7.79. The molecule has 2 heterocycles. The van der Waals surface area contributed by atoms with E-state index in [4.69, 9.17) is 0 Å². The summed E-state index contributed by atoms with van der Waals surface area (Å²) in [7, 11) is 0. The van der Waals surface area contributed by atoms with E-state index in [2.05, 4.69) is 16.1 Å². The van der Waals surface area contributed by atoms with Gasteiger partial charge in [0.25, 0.3) is 5.78 Å². The van der Waals surface area contributed by atoms with Crippen LogP contribution in [-0.4, -0.2) is 22.8 Å². The Hall–Kier alpha value is -2.45. The average Bonchev–Trinajstić information content (AvgIpc) is 2.36. The van der Waals surface area contributed by atoms with Gasteiger partial charge in [0.05, 0.1) is 5.56 Å². The maximum atomic E-state index is 11.7. The fourth-order valence-corrected chi connectivity index (χ4v) is 1.74. The zero-order chi connectivity index (χ0) is 11.1. The van der Waals surface area contributed by atoms with Crippen LogP contribution in [0.3, 0.4) is 0 Å². The minimum atomic E-state index is -0.542. The molecule has 0 N–H and O–H groups in total. The summed E-state index contributed by atoms with van der Waals surface area (Å²) in [6, 6.07) is 3.22. The summed E-state index contributed by atoms with van der Waals surface area (Å²) >= 11 is 0. The largest absolute Gasteiger partial charge is 0.317 e. The van der Waals surface area contributed by atoms with E-state index in [-0.39, 0.29) is 5.57 Å². The Kier molecular flexibility index (Phi) is 1.67. The molecule has 1 aromatic heterocycles. The molecule has 3 rings (SSSR count). The molecule has 4 nitrogen and oxygen atoms in total. The number of Topliss-reactive ketones (excluding diaryl/α,β-unsaturated/α-hetero) is 2. The molecule has 2 aliphatic rings. The van der Waals surface area contributed by atoms with Crippen LogP contribution in [0, 0.1) is 6.08 Å². The lowest BCUT2D eigenvalue weighted by atomic mass is 9.90. The van der Waals surface area contributed by atoms with Crippen LogP contribution in [0.15, 0.2) is 35.0 Å². The van der Waals surface area contributed by atoms with Crippen molar-refractivity contribution in [3.8, 4) is 0 Å².